The first kappa shape index (κ1) is 11.6. The lowest BCUT2D eigenvalue weighted by molar-refractivity contribution is 0.366. The average molecular weight is 243 g/mol. The summed E-state index contributed by atoms with van der Waals surface area (Å²) >= 11 is 0. The second kappa shape index (κ2) is 4.01. The molecule has 0 saturated heterocycles. The standard InChI is InChI=1S/C15H21N3/c1-10-7-15(2,3)8-13(10)17-12-6-4-5-11-9-16-18-14(11)12/h4-6,9-10,13,17H,7-8H2,1-3H3,(H,16,18). The number of aromatic amines is 1. The van der Waals surface area contributed by atoms with Crippen LogP contribution >= 0.6 is 0 Å². The third-order valence-corrected chi connectivity index (χ3v) is 4.15. The lowest BCUT2D eigenvalue weighted by atomic mass is 9.91. The van der Waals surface area contributed by atoms with E-state index in [2.05, 4.69) is 54.5 Å². The van der Waals surface area contributed by atoms with Crippen LogP contribution in [0.15, 0.2) is 24.4 Å². The Morgan fingerprint density at radius 1 is 1.33 bits per heavy atom. The van der Waals surface area contributed by atoms with E-state index in [1.165, 1.54) is 23.9 Å². The highest BCUT2D eigenvalue weighted by Crippen LogP contribution is 2.42. The van der Waals surface area contributed by atoms with Crippen molar-refractivity contribution in [2.45, 2.75) is 39.7 Å². The molecular formula is C15H21N3. The molecule has 3 nitrogen and oxygen atoms in total. The smallest absolute Gasteiger partial charge is 0.0881 e. The minimum Gasteiger partial charge on any atom is -0.380 e. The van der Waals surface area contributed by atoms with Crippen molar-refractivity contribution in [3.63, 3.8) is 0 Å². The van der Waals surface area contributed by atoms with Crippen molar-refractivity contribution in [1.29, 1.82) is 0 Å². The molecule has 1 heterocycles. The number of benzene rings is 1. The van der Waals surface area contributed by atoms with E-state index in [4.69, 9.17) is 0 Å². The van der Waals surface area contributed by atoms with E-state index >= 15 is 0 Å². The molecule has 2 unspecified atom stereocenters. The van der Waals surface area contributed by atoms with Gasteiger partial charge < -0.3 is 5.32 Å². The zero-order valence-corrected chi connectivity index (χ0v) is 11.3. The number of fused-ring (bicyclic) bond motifs is 1. The molecule has 0 radical (unpaired) electrons. The van der Waals surface area contributed by atoms with E-state index in [1.807, 2.05) is 6.20 Å². The molecule has 1 fully saturated rings. The van der Waals surface area contributed by atoms with Gasteiger partial charge in [-0.1, -0.05) is 32.9 Å². The molecule has 0 amide bonds. The van der Waals surface area contributed by atoms with Crippen molar-refractivity contribution in [3.8, 4) is 0 Å². The molecule has 0 spiro atoms. The van der Waals surface area contributed by atoms with Gasteiger partial charge in [-0.05, 0) is 30.2 Å². The molecular weight excluding hydrogens is 222 g/mol. The fraction of sp³-hybridized carbons (Fsp3) is 0.533. The second-order valence-corrected chi connectivity index (χ2v) is 6.44. The van der Waals surface area contributed by atoms with Crippen LogP contribution in [0, 0.1) is 11.3 Å². The number of nitrogens with zero attached hydrogens (tertiary/aromatic N) is 1. The first-order valence-corrected chi connectivity index (χ1v) is 6.74. The van der Waals surface area contributed by atoms with Crippen LogP contribution in [0.2, 0.25) is 0 Å². The lowest BCUT2D eigenvalue weighted by Crippen LogP contribution is -2.22. The molecule has 1 aromatic carbocycles. The maximum atomic E-state index is 4.12. The first-order valence-electron chi connectivity index (χ1n) is 6.74. The summed E-state index contributed by atoms with van der Waals surface area (Å²) in [6.07, 6.45) is 4.41. The molecule has 3 heteroatoms. The number of rotatable bonds is 2. The summed E-state index contributed by atoms with van der Waals surface area (Å²) < 4.78 is 0. The van der Waals surface area contributed by atoms with Crippen molar-refractivity contribution in [1.82, 2.24) is 10.2 Å². The average Bonchev–Trinajstić information content (AvgIpc) is 2.84. The van der Waals surface area contributed by atoms with Gasteiger partial charge in [0.25, 0.3) is 0 Å². The van der Waals surface area contributed by atoms with Crippen LogP contribution < -0.4 is 5.32 Å². The minimum atomic E-state index is 0.457. The highest BCUT2D eigenvalue weighted by Gasteiger charge is 2.36. The zero-order valence-electron chi connectivity index (χ0n) is 11.3. The third kappa shape index (κ3) is 1.98. The van der Waals surface area contributed by atoms with Crippen LogP contribution in [0.4, 0.5) is 5.69 Å². The van der Waals surface area contributed by atoms with Gasteiger partial charge in [0.1, 0.15) is 0 Å². The minimum absolute atomic E-state index is 0.457. The molecule has 1 saturated carbocycles. The predicted molar refractivity (Wildman–Crippen MR) is 75.7 cm³/mol. The summed E-state index contributed by atoms with van der Waals surface area (Å²) in [4.78, 5) is 0. The molecule has 0 bridgehead atoms. The van der Waals surface area contributed by atoms with Crippen LogP contribution in [-0.4, -0.2) is 16.2 Å². The van der Waals surface area contributed by atoms with Gasteiger partial charge in [0, 0.05) is 11.4 Å². The number of nitrogens with one attached hydrogen (secondary N) is 2. The largest absolute Gasteiger partial charge is 0.380 e. The molecule has 18 heavy (non-hydrogen) atoms. The SMILES string of the molecule is CC1CC(C)(C)CC1Nc1cccc2cn[nH]c12. The van der Waals surface area contributed by atoms with Gasteiger partial charge in [0.05, 0.1) is 17.4 Å². The van der Waals surface area contributed by atoms with Crippen LogP contribution in [-0.2, 0) is 0 Å². The van der Waals surface area contributed by atoms with Crippen LogP contribution in [0.25, 0.3) is 10.9 Å². The van der Waals surface area contributed by atoms with Gasteiger partial charge in [-0.3, -0.25) is 5.10 Å². The number of hydrogen-bond acceptors (Lipinski definition) is 2. The van der Waals surface area contributed by atoms with Gasteiger partial charge in [-0.15, -0.1) is 0 Å². The van der Waals surface area contributed by atoms with Gasteiger partial charge >= 0.3 is 0 Å². The second-order valence-electron chi connectivity index (χ2n) is 6.44. The molecule has 3 rings (SSSR count). The third-order valence-electron chi connectivity index (χ3n) is 4.15. The maximum absolute atomic E-state index is 4.12. The Labute approximate surface area is 108 Å². The molecule has 2 atom stereocenters. The Balaban J connectivity index is 1.87. The van der Waals surface area contributed by atoms with Crippen molar-refractivity contribution < 1.29 is 0 Å². The first-order chi connectivity index (χ1) is 8.55. The Bertz CT molecular complexity index is 556. The number of para-hydroxylation sites is 1. The topological polar surface area (TPSA) is 40.7 Å². The van der Waals surface area contributed by atoms with Crippen LogP contribution in [0.5, 0.6) is 0 Å². The van der Waals surface area contributed by atoms with Gasteiger partial charge in [0.15, 0.2) is 0 Å². The summed E-state index contributed by atoms with van der Waals surface area (Å²) in [6.45, 7) is 7.07. The summed E-state index contributed by atoms with van der Waals surface area (Å²) in [5.41, 5.74) is 2.76. The van der Waals surface area contributed by atoms with E-state index in [9.17, 15) is 0 Å². The molecule has 1 aliphatic carbocycles. The lowest BCUT2D eigenvalue weighted by Gasteiger charge is -2.20. The fourth-order valence-corrected chi connectivity index (χ4v) is 3.38. The van der Waals surface area contributed by atoms with Crippen LogP contribution in [0.3, 0.4) is 0 Å². The van der Waals surface area contributed by atoms with Gasteiger partial charge in [-0.2, -0.15) is 5.10 Å². The van der Waals surface area contributed by atoms with E-state index in [1.54, 1.807) is 0 Å². The fourth-order valence-electron chi connectivity index (χ4n) is 3.38. The highest BCUT2D eigenvalue weighted by molar-refractivity contribution is 5.90. The molecule has 1 aliphatic rings. The molecule has 2 N–H and O–H groups in total. The number of H-pyrrole nitrogens is 1. The Morgan fingerprint density at radius 3 is 2.89 bits per heavy atom. The summed E-state index contributed by atoms with van der Waals surface area (Å²) in [7, 11) is 0. The Morgan fingerprint density at radius 2 is 2.17 bits per heavy atom. The maximum Gasteiger partial charge on any atom is 0.0881 e. The van der Waals surface area contributed by atoms with E-state index < -0.39 is 0 Å². The van der Waals surface area contributed by atoms with Crippen molar-refractivity contribution in [2.75, 3.05) is 5.32 Å². The molecule has 0 aliphatic heterocycles. The predicted octanol–water partition coefficient (Wildman–Crippen LogP) is 3.80. The van der Waals surface area contributed by atoms with Gasteiger partial charge in [0.2, 0.25) is 0 Å². The zero-order chi connectivity index (χ0) is 12.8. The number of hydrogen-bond donors (Lipinski definition) is 2. The van der Waals surface area contributed by atoms with E-state index in [0.29, 0.717) is 11.5 Å². The number of anilines is 1. The van der Waals surface area contributed by atoms with Gasteiger partial charge in [-0.25, -0.2) is 0 Å². The summed E-state index contributed by atoms with van der Waals surface area (Å²) in [5, 5.41) is 12.1. The molecule has 1 aromatic heterocycles. The monoisotopic (exact) mass is 243 g/mol. The Kier molecular flexibility index (Phi) is 2.58. The van der Waals surface area contributed by atoms with E-state index in [-0.39, 0.29) is 0 Å². The highest BCUT2D eigenvalue weighted by atomic mass is 15.1. The molecule has 96 valence electrons. The number of aromatic nitrogens is 2. The normalized spacial score (nSPS) is 26.6. The Hall–Kier alpha value is -1.51. The summed E-state index contributed by atoms with van der Waals surface area (Å²) in [6, 6.07) is 6.88. The van der Waals surface area contributed by atoms with E-state index in [0.717, 1.165) is 11.4 Å². The van der Waals surface area contributed by atoms with Crippen molar-refractivity contribution >= 4 is 16.6 Å². The quantitative estimate of drug-likeness (QED) is 0.842. The summed E-state index contributed by atoms with van der Waals surface area (Å²) in [5.74, 6) is 0.721. The van der Waals surface area contributed by atoms with Crippen molar-refractivity contribution in [2.24, 2.45) is 11.3 Å². The van der Waals surface area contributed by atoms with Crippen LogP contribution in [0.1, 0.15) is 33.6 Å². The van der Waals surface area contributed by atoms with Crippen molar-refractivity contribution in [3.05, 3.63) is 24.4 Å². The molecule has 2 aromatic rings.